The van der Waals surface area contributed by atoms with Crippen molar-refractivity contribution < 1.29 is 91.4 Å². The summed E-state index contributed by atoms with van der Waals surface area (Å²) < 4.78 is 67.2. The van der Waals surface area contributed by atoms with Crippen LogP contribution in [0.2, 0.25) is 0 Å². The van der Waals surface area contributed by atoms with Crippen LogP contribution in [-0.4, -0.2) is 189 Å². The number of hydrogen-bond donors (Lipinski definition) is 3. The third kappa shape index (κ3) is 16.9. The highest BCUT2D eigenvalue weighted by Gasteiger charge is 2.53. The fraction of sp³-hybridized carbons (Fsp3) is 0.830. The molecule has 0 aromatic carbocycles. The maximum atomic E-state index is 14.2. The Bertz CT molecular complexity index is 1860. The number of aliphatic hydroxyl groups excluding tert-OH is 2. The lowest BCUT2D eigenvalue weighted by atomic mass is 9.79. The topological polar surface area (TPSA) is 251 Å². The number of aliphatic hydroxyl groups is 3. The summed E-state index contributed by atoms with van der Waals surface area (Å²) in [5.74, 6) is -4.87. The average molecular weight is 1040 g/mol. The highest BCUT2D eigenvalue weighted by Crippen LogP contribution is 2.39. The lowest BCUT2D eigenvalue weighted by molar-refractivity contribution is -0.342. The lowest BCUT2D eigenvalue weighted by Gasteiger charge is -2.50. The van der Waals surface area contributed by atoms with Crippen LogP contribution in [0.25, 0.3) is 0 Å². The summed E-state index contributed by atoms with van der Waals surface area (Å²) in [5.41, 5.74) is -0.865. The van der Waals surface area contributed by atoms with Gasteiger partial charge in [-0.1, -0.05) is 52.3 Å². The highest BCUT2D eigenvalue weighted by molar-refractivity contribution is 5.91. The molecule has 20 nitrogen and oxygen atoms in total. The molecular weight excluding hydrogens is 955 g/mol. The Labute approximate surface area is 432 Å². The van der Waals surface area contributed by atoms with Gasteiger partial charge < -0.3 is 77.1 Å². The Morgan fingerprint density at radius 3 is 2.12 bits per heavy atom. The van der Waals surface area contributed by atoms with Crippen LogP contribution in [-0.2, 0) is 76.1 Å². The van der Waals surface area contributed by atoms with E-state index in [1.807, 2.05) is 26.8 Å². The van der Waals surface area contributed by atoms with E-state index in [0.29, 0.717) is 18.3 Å². The molecule has 0 amide bonds. The second kappa shape index (κ2) is 28.2. The molecule has 0 bridgehead atoms. The van der Waals surface area contributed by atoms with Gasteiger partial charge in [0.15, 0.2) is 30.8 Å². The van der Waals surface area contributed by atoms with Gasteiger partial charge in [0.25, 0.3) is 0 Å². The molecule has 4 heterocycles. The standard InChI is InChI=1S/C53H87NO19/c1-16-38-36(26-65-52-49(64-15)48(63-14)44(60)31(7)67-52)22-28(4)17-18-37(57)29(5)23-35(19-20-55)46(30(6)39(69-34(10)56)24-41(59)70-38)73-51-45(61)43(54(12)13)47(32(8)68-51)72-42-25-53(11,62)50(33(9)66-42)71-40(58)21-27(2)3/h17-18,20,22,27,29-33,35-36,38-39,42-52,60-62H,16,19,21,23-26H2,1-15H3/b18-17+,28-22+. The third-order valence-electron chi connectivity index (χ3n) is 14.5. The van der Waals surface area contributed by atoms with E-state index >= 15 is 0 Å². The first kappa shape index (κ1) is 62.3. The van der Waals surface area contributed by atoms with Gasteiger partial charge in [-0.3, -0.25) is 19.2 Å². The maximum absolute atomic E-state index is 14.2. The quantitative estimate of drug-likeness (QED) is 0.106. The summed E-state index contributed by atoms with van der Waals surface area (Å²) in [6.07, 6.45) is -8.67. The number of carbonyl (C=O) groups excluding carboxylic acids is 5. The number of hydrogen-bond acceptors (Lipinski definition) is 20. The second-order valence-electron chi connectivity index (χ2n) is 21.4. The van der Waals surface area contributed by atoms with Gasteiger partial charge in [0, 0.05) is 58.2 Å². The Morgan fingerprint density at radius 1 is 0.890 bits per heavy atom. The van der Waals surface area contributed by atoms with E-state index < -0.39 is 152 Å². The molecule has 0 saturated carbocycles. The van der Waals surface area contributed by atoms with E-state index in [1.54, 1.807) is 73.5 Å². The smallest absolute Gasteiger partial charge is 0.309 e. The molecule has 21 unspecified atom stereocenters. The number of ketones is 1. The molecule has 73 heavy (non-hydrogen) atoms. The number of allylic oxidation sites excluding steroid dienone is 3. The van der Waals surface area contributed by atoms with Crippen LogP contribution in [0, 0.1) is 29.6 Å². The van der Waals surface area contributed by atoms with Gasteiger partial charge in [0.2, 0.25) is 0 Å². The Hall–Kier alpha value is -3.25. The number of cyclic esters (lactones) is 1. The molecule has 3 N–H and O–H groups in total. The first-order valence-corrected chi connectivity index (χ1v) is 25.9. The van der Waals surface area contributed by atoms with Crippen LogP contribution in [0.1, 0.15) is 115 Å². The van der Waals surface area contributed by atoms with Gasteiger partial charge in [-0.05, 0) is 79.5 Å². The zero-order valence-electron chi connectivity index (χ0n) is 45.7. The monoisotopic (exact) mass is 1040 g/mol. The van der Waals surface area contributed by atoms with Crippen LogP contribution in [0.4, 0.5) is 0 Å². The summed E-state index contributed by atoms with van der Waals surface area (Å²) in [6.45, 7) is 18.7. The highest BCUT2D eigenvalue weighted by atomic mass is 16.7. The van der Waals surface area contributed by atoms with Crippen LogP contribution in [0.5, 0.6) is 0 Å². The van der Waals surface area contributed by atoms with Crippen molar-refractivity contribution in [3.05, 3.63) is 23.8 Å². The third-order valence-corrected chi connectivity index (χ3v) is 14.5. The van der Waals surface area contributed by atoms with Crippen molar-refractivity contribution >= 4 is 30.0 Å². The lowest BCUT2D eigenvalue weighted by Crippen LogP contribution is -2.65. The molecule has 3 saturated heterocycles. The predicted molar refractivity (Wildman–Crippen MR) is 263 cm³/mol. The molecule has 4 rings (SSSR count). The van der Waals surface area contributed by atoms with Crippen molar-refractivity contribution in [3.63, 3.8) is 0 Å². The number of ether oxygens (including phenoxy) is 11. The second-order valence-corrected chi connectivity index (χ2v) is 21.4. The molecule has 0 radical (unpaired) electrons. The van der Waals surface area contributed by atoms with Crippen molar-refractivity contribution in [2.24, 2.45) is 29.6 Å². The van der Waals surface area contributed by atoms with Crippen molar-refractivity contribution in [1.29, 1.82) is 0 Å². The molecule has 0 aliphatic carbocycles. The van der Waals surface area contributed by atoms with Crippen molar-refractivity contribution in [3.8, 4) is 0 Å². The Morgan fingerprint density at radius 2 is 1.55 bits per heavy atom. The molecule has 4 aliphatic rings. The number of carbonyl (C=O) groups is 5. The fourth-order valence-corrected chi connectivity index (χ4v) is 10.6. The zero-order chi connectivity index (χ0) is 54.6. The summed E-state index contributed by atoms with van der Waals surface area (Å²) in [4.78, 5) is 67.9. The van der Waals surface area contributed by atoms with Gasteiger partial charge in [-0.25, -0.2) is 0 Å². The number of aldehydes is 1. The van der Waals surface area contributed by atoms with Gasteiger partial charge in [0.1, 0.15) is 54.6 Å². The summed E-state index contributed by atoms with van der Waals surface area (Å²) in [6, 6.07) is -0.809. The van der Waals surface area contributed by atoms with Gasteiger partial charge in [-0.2, -0.15) is 0 Å². The summed E-state index contributed by atoms with van der Waals surface area (Å²) in [5, 5.41) is 34.6. The van der Waals surface area contributed by atoms with Crippen LogP contribution in [0.3, 0.4) is 0 Å². The Kier molecular flexibility index (Phi) is 24.1. The first-order chi connectivity index (χ1) is 34.3. The van der Waals surface area contributed by atoms with Crippen molar-refractivity contribution in [2.45, 2.75) is 218 Å². The van der Waals surface area contributed by atoms with Crippen LogP contribution in [0.15, 0.2) is 23.8 Å². The van der Waals surface area contributed by atoms with Crippen LogP contribution >= 0.6 is 0 Å². The van der Waals surface area contributed by atoms with E-state index in [-0.39, 0.29) is 44.0 Å². The molecule has 418 valence electrons. The maximum Gasteiger partial charge on any atom is 0.309 e. The van der Waals surface area contributed by atoms with Gasteiger partial charge in [0.05, 0.1) is 43.5 Å². The molecule has 3 fully saturated rings. The van der Waals surface area contributed by atoms with E-state index in [2.05, 4.69) is 0 Å². The first-order valence-electron chi connectivity index (χ1n) is 25.9. The largest absolute Gasteiger partial charge is 0.462 e. The van der Waals surface area contributed by atoms with E-state index in [1.165, 1.54) is 27.2 Å². The molecule has 21 atom stereocenters. The average Bonchev–Trinajstić information content (AvgIpc) is 3.29. The summed E-state index contributed by atoms with van der Waals surface area (Å²) in [7, 11) is 6.41. The van der Waals surface area contributed by atoms with E-state index in [4.69, 9.17) is 52.1 Å². The van der Waals surface area contributed by atoms with E-state index in [0.717, 1.165) is 0 Å². The van der Waals surface area contributed by atoms with Gasteiger partial charge in [-0.15, -0.1) is 0 Å². The number of esters is 3. The zero-order valence-corrected chi connectivity index (χ0v) is 45.7. The number of rotatable bonds is 17. The van der Waals surface area contributed by atoms with Crippen molar-refractivity contribution in [1.82, 2.24) is 4.90 Å². The SMILES string of the molecule is CCC1OC(=O)CC(OC(C)=O)C(C)C(OC2OC(C)C(OC3CC(C)(O)C(OC(=O)CC(C)C)C(C)O3)C(N(C)C)C2O)C(CC=O)CC(C)C(=O)/C=C/C(C)=C/C1COC1OC(C)C(O)C(OC)C1OC. The minimum absolute atomic E-state index is 0.0378. The number of nitrogens with zero attached hydrogens (tertiary/aromatic N) is 1. The molecule has 0 spiro atoms. The van der Waals surface area contributed by atoms with E-state index in [9.17, 15) is 39.3 Å². The predicted octanol–water partition coefficient (Wildman–Crippen LogP) is 4.00. The molecule has 0 aromatic rings. The molecule has 0 aromatic heterocycles. The van der Waals surface area contributed by atoms with Gasteiger partial charge >= 0.3 is 17.9 Å². The van der Waals surface area contributed by atoms with Crippen molar-refractivity contribution in [2.75, 3.05) is 34.9 Å². The molecule has 20 heteroatoms. The van der Waals surface area contributed by atoms with Crippen LogP contribution < -0.4 is 0 Å². The number of likely N-dealkylation sites (N-methyl/N-ethyl adjacent to an activating group) is 1. The minimum Gasteiger partial charge on any atom is -0.462 e. The molecular formula is C53H87NO19. The summed E-state index contributed by atoms with van der Waals surface area (Å²) >= 11 is 0. The normalized spacial score (nSPS) is 41.6. The molecule has 4 aliphatic heterocycles. The Balaban J connectivity index is 1.66. The fourth-order valence-electron chi connectivity index (χ4n) is 10.6. The number of methoxy groups -OCH3 is 2. The minimum atomic E-state index is -1.53.